The number of hydrogen-bond acceptors (Lipinski definition) is 7. The van der Waals surface area contributed by atoms with Crippen LogP contribution in [0.4, 0.5) is 11.5 Å². The molecule has 1 heterocycles. The van der Waals surface area contributed by atoms with E-state index in [4.69, 9.17) is 10.6 Å². The number of nitrogen functional groups attached to an aromatic ring is 1. The fourth-order valence-corrected chi connectivity index (χ4v) is 1.03. The number of hydrogen-bond donors (Lipinski definition) is 2. The van der Waals surface area contributed by atoms with Crippen LogP contribution in [0.1, 0.15) is 20.8 Å². The Morgan fingerprint density at radius 1 is 1.47 bits per heavy atom. The van der Waals surface area contributed by atoms with Gasteiger partial charge < -0.3 is 10.2 Å². The van der Waals surface area contributed by atoms with Gasteiger partial charge in [0.05, 0.1) is 4.92 Å². The molecule has 0 bridgehead atoms. The highest BCUT2D eigenvalue weighted by Gasteiger charge is 2.25. The first-order valence-corrected chi connectivity index (χ1v) is 5.10. The maximum Gasteiger partial charge on any atom is 0.374 e. The van der Waals surface area contributed by atoms with Crippen molar-refractivity contribution in [3.63, 3.8) is 0 Å². The van der Waals surface area contributed by atoms with Gasteiger partial charge >= 0.3 is 5.69 Å². The van der Waals surface area contributed by atoms with Crippen LogP contribution in [0.5, 0.6) is 5.88 Å². The zero-order chi connectivity index (χ0) is 13.0. The predicted molar refractivity (Wildman–Crippen MR) is 61.4 cm³/mol. The zero-order valence-electron chi connectivity index (χ0n) is 9.88. The van der Waals surface area contributed by atoms with E-state index in [9.17, 15) is 10.1 Å². The third-order valence-corrected chi connectivity index (χ3v) is 2.34. The summed E-state index contributed by atoms with van der Waals surface area (Å²) in [5.74, 6) is 5.20. The van der Waals surface area contributed by atoms with Gasteiger partial charge in [-0.25, -0.2) is 10.8 Å². The molecule has 1 unspecified atom stereocenters. The van der Waals surface area contributed by atoms with E-state index in [2.05, 4.69) is 15.4 Å². The van der Waals surface area contributed by atoms with Gasteiger partial charge in [0.15, 0.2) is 0 Å². The second kappa shape index (κ2) is 5.39. The summed E-state index contributed by atoms with van der Waals surface area (Å²) in [6.45, 7) is 5.70. The average Bonchev–Trinajstić information content (AvgIpc) is 2.27. The van der Waals surface area contributed by atoms with Gasteiger partial charge in [0.1, 0.15) is 12.4 Å². The molecule has 0 saturated carbocycles. The highest BCUT2D eigenvalue weighted by atomic mass is 16.6. The van der Waals surface area contributed by atoms with Crippen LogP contribution in [0.25, 0.3) is 0 Å². The minimum Gasteiger partial charge on any atom is -0.469 e. The lowest BCUT2D eigenvalue weighted by molar-refractivity contribution is -0.385. The quantitative estimate of drug-likeness (QED) is 0.450. The molecule has 0 saturated heterocycles. The Hall–Kier alpha value is -1.96. The lowest BCUT2D eigenvalue weighted by Crippen LogP contribution is -2.21. The predicted octanol–water partition coefficient (Wildman–Crippen LogP) is 1.09. The van der Waals surface area contributed by atoms with Crippen molar-refractivity contribution in [3.8, 4) is 5.88 Å². The van der Waals surface area contributed by atoms with Crippen molar-refractivity contribution in [2.45, 2.75) is 26.9 Å². The number of anilines is 1. The summed E-state index contributed by atoms with van der Waals surface area (Å²) in [7, 11) is 0. The largest absolute Gasteiger partial charge is 0.469 e. The van der Waals surface area contributed by atoms with Crippen LogP contribution >= 0.6 is 0 Å². The van der Waals surface area contributed by atoms with Crippen molar-refractivity contribution in [1.29, 1.82) is 0 Å². The Morgan fingerprint density at radius 2 is 2.12 bits per heavy atom. The second-order valence-electron chi connectivity index (χ2n) is 3.84. The Kier molecular flexibility index (Phi) is 4.16. The Labute approximate surface area is 98.3 Å². The highest BCUT2D eigenvalue weighted by Crippen LogP contribution is 2.31. The van der Waals surface area contributed by atoms with Crippen molar-refractivity contribution in [1.82, 2.24) is 9.97 Å². The first-order chi connectivity index (χ1) is 7.97. The Bertz CT molecular complexity index is 410. The first kappa shape index (κ1) is 13.1. The standard InChI is InChI=1S/C9H15N5O3/c1-5(2)6(3)17-9-7(14(15)16)8(13-10)11-4-12-9/h4-6H,10H2,1-3H3,(H,11,12,13). The fraction of sp³-hybridized carbons (Fsp3) is 0.556. The van der Waals surface area contributed by atoms with Gasteiger partial charge in [-0.3, -0.25) is 10.1 Å². The number of rotatable bonds is 5. The lowest BCUT2D eigenvalue weighted by atomic mass is 10.1. The van der Waals surface area contributed by atoms with Crippen molar-refractivity contribution in [2.75, 3.05) is 5.43 Å². The Morgan fingerprint density at radius 3 is 2.59 bits per heavy atom. The molecule has 3 N–H and O–H groups in total. The van der Waals surface area contributed by atoms with Gasteiger partial charge in [-0.15, -0.1) is 0 Å². The summed E-state index contributed by atoms with van der Waals surface area (Å²) in [6, 6.07) is 0. The first-order valence-electron chi connectivity index (χ1n) is 5.10. The molecule has 0 fully saturated rings. The van der Waals surface area contributed by atoms with Crippen LogP contribution in [0, 0.1) is 16.0 Å². The van der Waals surface area contributed by atoms with E-state index in [1.54, 1.807) is 0 Å². The average molecular weight is 241 g/mol. The molecule has 17 heavy (non-hydrogen) atoms. The van der Waals surface area contributed by atoms with E-state index in [1.165, 1.54) is 0 Å². The summed E-state index contributed by atoms with van der Waals surface area (Å²) < 4.78 is 5.42. The van der Waals surface area contributed by atoms with Gasteiger partial charge in [0.2, 0.25) is 5.82 Å². The van der Waals surface area contributed by atoms with Crippen molar-refractivity contribution < 1.29 is 9.66 Å². The number of ether oxygens (including phenoxy) is 1. The van der Waals surface area contributed by atoms with Crippen LogP contribution in [0.3, 0.4) is 0 Å². The van der Waals surface area contributed by atoms with Gasteiger partial charge in [0, 0.05) is 0 Å². The van der Waals surface area contributed by atoms with Gasteiger partial charge in [0.25, 0.3) is 5.88 Å². The maximum atomic E-state index is 10.9. The number of hydrazine groups is 1. The highest BCUT2D eigenvalue weighted by molar-refractivity contribution is 5.60. The van der Waals surface area contributed by atoms with E-state index in [-0.39, 0.29) is 29.4 Å². The summed E-state index contributed by atoms with van der Waals surface area (Å²) >= 11 is 0. The molecule has 0 aliphatic heterocycles. The minimum atomic E-state index is -0.627. The SMILES string of the molecule is CC(C)C(C)Oc1ncnc(NN)c1[N+](=O)[O-]. The molecule has 8 heteroatoms. The van der Waals surface area contributed by atoms with Crippen LogP contribution < -0.4 is 16.0 Å². The van der Waals surface area contributed by atoms with Gasteiger partial charge in [-0.05, 0) is 12.8 Å². The summed E-state index contributed by atoms with van der Waals surface area (Å²) in [5, 5.41) is 10.9. The van der Waals surface area contributed by atoms with E-state index < -0.39 is 4.92 Å². The van der Waals surface area contributed by atoms with Gasteiger partial charge in [-0.1, -0.05) is 13.8 Å². The van der Waals surface area contributed by atoms with Crippen LogP contribution in [0.2, 0.25) is 0 Å². The molecule has 0 aliphatic carbocycles. The normalized spacial score (nSPS) is 12.3. The molecular weight excluding hydrogens is 226 g/mol. The lowest BCUT2D eigenvalue weighted by Gasteiger charge is -2.17. The number of nitro groups is 1. The molecule has 8 nitrogen and oxygen atoms in total. The third-order valence-electron chi connectivity index (χ3n) is 2.34. The molecule has 0 amide bonds. The molecule has 0 aliphatic rings. The third kappa shape index (κ3) is 3.00. The van der Waals surface area contributed by atoms with Crippen LogP contribution in [-0.2, 0) is 0 Å². The molecular formula is C9H15N5O3. The van der Waals surface area contributed by atoms with E-state index in [0.717, 1.165) is 6.33 Å². The zero-order valence-corrected chi connectivity index (χ0v) is 9.88. The molecule has 1 aromatic rings. The molecule has 0 spiro atoms. The van der Waals surface area contributed by atoms with Crippen LogP contribution in [-0.4, -0.2) is 21.0 Å². The molecule has 1 rings (SSSR count). The number of aromatic nitrogens is 2. The van der Waals surface area contributed by atoms with E-state index >= 15 is 0 Å². The second-order valence-corrected chi connectivity index (χ2v) is 3.84. The summed E-state index contributed by atoms with van der Waals surface area (Å²) in [4.78, 5) is 17.7. The van der Waals surface area contributed by atoms with Gasteiger partial charge in [-0.2, -0.15) is 4.98 Å². The number of nitrogens with one attached hydrogen (secondary N) is 1. The number of nitrogens with two attached hydrogens (primary N) is 1. The summed E-state index contributed by atoms with van der Waals surface area (Å²) in [6.07, 6.45) is 0.958. The van der Waals surface area contributed by atoms with Crippen molar-refractivity contribution in [3.05, 3.63) is 16.4 Å². The Balaban J connectivity index is 3.10. The molecule has 94 valence electrons. The molecule has 0 aromatic carbocycles. The monoisotopic (exact) mass is 241 g/mol. The maximum absolute atomic E-state index is 10.9. The molecule has 0 radical (unpaired) electrons. The number of nitrogens with zero attached hydrogens (tertiary/aromatic N) is 3. The fourth-order valence-electron chi connectivity index (χ4n) is 1.03. The van der Waals surface area contributed by atoms with Crippen LogP contribution in [0.15, 0.2) is 6.33 Å². The van der Waals surface area contributed by atoms with Crippen molar-refractivity contribution in [2.24, 2.45) is 11.8 Å². The smallest absolute Gasteiger partial charge is 0.374 e. The topological polar surface area (TPSA) is 116 Å². The van der Waals surface area contributed by atoms with Crippen molar-refractivity contribution >= 4 is 11.5 Å². The van der Waals surface area contributed by atoms with E-state index in [1.807, 2.05) is 20.8 Å². The minimum absolute atomic E-state index is 0.0732. The summed E-state index contributed by atoms with van der Waals surface area (Å²) in [5.41, 5.74) is 1.79. The van der Waals surface area contributed by atoms with E-state index in [0.29, 0.717) is 0 Å². The molecule has 1 atom stereocenters. The molecule has 1 aromatic heterocycles.